The molecule has 0 unspecified atom stereocenters. The van der Waals surface area contributed by atoms with E-state index < -0.39 is 0 Å². The third kappa shape index (κ3) is 1.50. The Morgan fingerprint density at radius 3 is 3.08 bits per heavy atom. The molecule has 1 N–H and O–H groups in total. The third-order valence-corrected chi connectivity index (χ3v) is 1.60. The molecule has 2 heterocycles. The van der Waals surface area contributed by atoms with Crippen molar-refractivity contribution >= 4 is 0 Å². The van der Waals surface area contributed by atoms with Gasteiger partial charge in [0.15, 0.2) is 0 Å². The van der Waals surface area contributed by atoms with E-state index in [1.54, 1.807) is 6.20 Å². The van der Waals surface area contributed by atoms with Gasteiger partial charge in [0.2, 0.25) is 0 Å². The van der Waals surface area contributed by atoms with E-state index in [1.165, 1.54) is 0 Å². The average Bonchev–Trinajstić information content (AvgIpc) is 2.59. The summed E-state index contributed by atoms with van der Waals surface area (Å²) in [7, 11) is 0. The van der Waals surface area contributed by atoms with Crippen LogP contribution in [0.15, 0.2) is 30.6 Å². The highest BCUT2D eigenvalue weighted by atomic mass is 15.1. The lowest BCUT2D eigenvalue weighted by Gasteiger charge is -1.94. The maximum Gasteiger partial charge on any atom is 0.116 e. The molecule has 0 aliphatic heterocycles. The molecule has 0 aliphatic carbocycles. The van der Waals surface area contributed by atoms with E-state index in [0.29, 0.717) is 0 Å². The number of nitrogens with zero attached hydrogens (tertiary/aromatic N) is 2. The van der Waals surface area contributed by atoms with E-state index in [0.717, 1.165) is 17.7 Å². The van der Waals surface area contributed by atoms with Crippen LogP contribution in [0.2, 0.25) is 0 Å². The lowest BCUT2D eigenvalue weighted by atomic mass is 10.2. The first-order valence-electron chi connectivity index (χ1n) is 3.75. The van der Waals surface area contributed by atoms with E-state index in [4.69, 9.17) is 0 Å². The van der Waals surface area contributed by atoms with Crippen molar-refractivity contribution in [1.29, 1.82) is 0 Å². The molecule has 2 aromatic heterocycles. The van der Waals surface area contributed by atoms with E-state index in [9.17, 15) is 0 Å². The van der Waals surface area contributed by atoms with Crippen LogP contribution in [-0.4, -0.2) is 15.2 Å². The Morgan fingerprint density at radius 2 is 2.42 bits per heavy atom. The quantitative estimate of drug-likeness (QED) is 0.713. The molecule has 0 bridgehead atoms. The Morgan fingerprint density at radius 1 is 1.42 bits per heavy atom. The fourth-order valence-electron chi connectivity index (χ4n) is 1.03. The predicted octanol–water partition coefficient (Wildman–Crippen LogP) is 1.20. The van der Waals surface area contributed by atoms with Crippen LogP contribution in [0.1, 0.15) is 11.3 Å². The molecule has 0 amide bonds. The zero-order valence-electron chi connectivity index (χ0n) is 6.49. The first-order valence-corrected chi connectivity index (χ1v) is 3.75. The van der Waals surface area contributed by atoms with Gasteiger partial charge in [0.25, 0.3) is 0 Å². The molecule has 1 radical (unpaired) electrons. The van der Waals surface area contributed by atoms with Gasteiger partial charge in [0, 0.05) is 30.1 Å². The maximum absolute atomic E-state index is 4.19. The summed E-state index contributed by atoms with van der Waals surface area (Å²) in [4.78, 5) is 4.19. The van der Waals surface area contributed by atoms with Crippen molar-refractivity contribution in [2.24, 2.45) is 0 Å². The number of hydrogen-bond donors (Lipinski definition) is 1. The van der Waals surface area contributed by atoms with Crippen LogP contribution in [0.4, 0.5) is 0 Å². The lowest BCUT2D eigenvalue weighted by molar-refractivity contribution is 1.07. The third-order valence-electron chi connectivity index (χ3n) is 1.60. The molecular formula is C9H8N3. The van der Waals surface area contributed by atoms with Crippen LogP contribution in [0, 0.1) is 6.20 Å². The van der Waals surface area contributed by atoms with Gasteiger partial charge in [-0.05, 0) is 12.1 Å². The molecule has 2 rings (SSSR count). The lowest BCUT2D eigenvalue weighted by Crippen LogP contribution is -1.88. The van der Waals surface area contributed by atoms with Crippen molar-refractivity contribution in [2.45, 2.75) is 6.42 Å². The van der Waals surface area contributed by atoms with Crippen molar-refractivity contribution in [2.75, 3.05) is 0 Å². The van der Waals surface area contributed by atoms with Crippen LogP contribution >= 0.6 is 0 Å². The largest absolute Gasteiger partial charge is 0.285 e. The molecule has 0 fully saturated rings. The number of pyridine rings is 1. The average molecular weight is 158 g/mol. The SMILES string of the molecule is [c]1n[nH]cc1Cc1ccccn1. The van der Waals surface area contributed by atoms with Gasteiger partial charge in [0.1, 0.15) is 6.20 Å². The number of aromatic nitrogens is 3. The van der Waals surface area contributed by atoms with Crippen molar-refractivity contribution < 1.29 is 0 Å². The molecule has 0 spiro atoms. The Hall–Kier alpha value is -1.64. The number of rotatable bonds is 2. The van der Waals surface area contributed by atoms with Gasteiger partial charge in [-0.3, -0.25) is 10.1 Å². The van der Waals surface area contributed by atoms with Gasteiger partial charge in [-0.15, -0.1) is 0 Å². The van der Waals surface area contributed by atoms with Gasteiger partial charge in [0.05, 0.1) is 0 Å². The van der Waals surface area contributed by atoms with Crippen LogP contribution in [0.25, 0.3) is 0 Å². The molecular weight excluding hydrogens is 150 g/mol. The molecule has 0 saturated carbocycles. The monoisotopic (exact) mass is 158 g/mol. The number of nitrogens with one attached hydrogen (secondary N) is 1. The van der Waals surface area contributed by atoms with E-state index >= 15 is 0 Å². The first kappa shape index (κ1) is 7.03. The van der Waals surface area contributed by atoms with Crippen LogP contribution < -0.4 is 0 Å². The minimum atomic E-state index is 0.789. The standard InChI is InChI=1S/C9H8N3/c1-2-4-10-9(3-1)5-8-6-11-12-7-8/h1-4,6H,5H2,(H,11,12). The zero-order chi connectivity index (χ0) is 8.23. The van der Waals surface area contributed by atoms with E-state index in [-0.39, 0.29) is 0 Å². The predicted molar refractivity (Wildman–Crippen MR) is 44.5 cm³/mol. The Kier molecular flexibility index (Phi) is 1.86. The van der Waals surface area contributed by atoms with Crippen molar-refractivity contribution in [1.82, 2.24) is 15.2 Å². The Balaban J connectivity index is 2.15. The highest BCUT2D eigenvalue weighted by Crippen LogP contribution is 2.02. The van der Waals surface area contributed by atoms with Gasteiger partial charge in [-0.1, -0.05) is 6.07 Å². The molecule has 0 aromatic carbocycles. The van der Waals surface area contributed by atoms with Gasteiger partial charge in [-0.2, -0.15) is 5.10 Å². The summed E-state index contributed by atoms with van der Waals surface area (Å²) in [5.41, 5.74) is 2.07. The summed E-state index contributed by atoms with van der Waals surface area (Å²) >= 11 is 0. The second-order valence-corrected chi connectivity index (χ2v) is 2.52. The Labute approximate surface area is 70.5 Å². The molecule has 2 aromatic rings. The highest BCUT2D eigenvalue weighted by molar-refractivity contribution is 5.14. The summed E-state index contributed by atoms with van der Waals surface area (Å²) in [5, 5.41) is 6.46. The second-order valence-electron chi connectivity index (χ2n) is 2.52. The van der Waals surface area contributed by atoms with Gasteiger partial charge < -0.3 is 0 Å². The number of H-pyrrole nitrogens is 1. The molecule has 0 atom stereocenters. The Bertz CT molecular complexity index is 326. The summed E-state index contributed by atoms with van der Waals surface area (Å²) in [6, 6.07) is 5.87. The fourth-order valence-corrected chi connectivity index (χ4v) is 1.03. The molecule has 12 heavy (non-hydrogen) atoms. The summed E-state index contributed by atoms with van der Waals surface area (Å²) in [6.07, 6.45) is 7.24. The van der Waals surface area contributed by atoms with Crippen LogP contribution in [0.3, 0.4) is 0 Å². The van der Waals surface area contributed by atoms with Gasteiger partial charge >= 0.3 is 0 Å². The topological polar surface area (TPSA) is 41.6 Å². The molecule has 3 nitrogen and oxygen atoms in total. The summed E-state index contributed by atoms with van der Waals surface area (Å²) in [5.74, 6) is 0. The molecule has 3 heteroatoms. The first-order chi connectivity index (χ1) is 5.95. The normalized spacial score (nSPS) is 10.0. The maximum atomic E-state index is 4.19. The van der Waals surface area contributed by atoms with E-state index in [1.807, 2.05) is 24.4 Å². The van der Waals surface area contributed by atoms with Crippen molar-refractivity contribution in [3.63, 3.8) is 0 Å². The number of hydrogen-bond acceptors (Lipinski definition) is 2. The number of aromatic amines is 1. The van der Waals surface area contributed by atoms with Gasteiger partial charge in [-0.25, -0.2) is 0 Å². The van der Waals surface area contributed by atoms with Crippen molar-refractivity contribution in [3.05, 3.63) is 48.0 Å². The summed E-state index contributed by atoms with van der Waals surface area (Å²) in [6.45, 7) is 0. The van der Waals surface area contributed by atoms with Crippen LogP contribution in [-0.2, 0) is 6.42 Å². The summed E-state index contributed by atoms with van der Waals surface area (Å²) < 4.78 is 0. The minimum Gasteiger partial charge on any atom is -0.285 e. The molecule has 0 aliphatic rings. The smallest absolute Gasteiger partial charge is 0.116 e. The van der Waals surface area contributed by atoms with Crippen LogP contribution in [0.5, 0.6) is 0 Å². The van der Waals surface area contributed by atoms with E-state index in [2.05, 4.69) is 21.4 Å². The molecule has 59 valence electrons. The fraction of sp³-hybridized carbons (Fsp3) is 0.111. The van der Waals surface area contributed by atoms with Crippen molar-refractivity contribution in [3.8, 4) is 0 Å². The highest BCUT2D eigenvalue weighted by Gasteiger charge is 1.96. The second kappa shape index (κ2) is 3.17. The minimum absolute atomic E-state index is 0.789. The zero-order valence-corrected chi connectivity index (χ0v) is 6.49. The molecule has 0 saturated heterocycles.